The summed E-state index contributed by atoms with van der Waals surface area (Å²) >= 11 is 0. The highest BCUT2D eigenvalue weighted by molar-refractivity contribution is 7.85. The Balaban J connectivity index is 3.98. The summed E-state index contributed by atoms with van der Waals surface area (Å²) in [5.41, 5.74) is 0. The standard InChI is InChI=1S/C6H13NO2S/c1-6(2,3)10(8)7-5-9-4/h5H,1-4H3/b7-5+/t10-/m1/s1. The molecular weight excluding hydrogens is 150 g/mol. The fraction of sp³-hybridized carbons (Fsp3) is 0.833. The Morgan fingerprint density at radius 1 is 1.50 bits per heavy atom. The van der Waals surface area contributed by atoms with Crippen LogP contribution in [0.2, 0.25) is 0 Å². The highest BCUT2D eigenvalue weighted by Gasteiger charge is 2.17. The molecule has 1 atom stereocenters. The maximum Gasteiger partial charge on any atom is 0.183 e. The molecule has 0 aliphatic carbocycles. The molecule has 0 aliphatic heterocycles. The average molecular weight is 163 g/mol. The van der Waals surface area contributed by atoms with E-state index in [1.165, 1.54) is 13.5 Å². The SMILES string of the molecule is CO/C=N/[S@](=O)C(C)(C)C. The molecule has 0 fully saturated rings. The van der Waals surface area contributed by atoms with E-state index < -0.39 is 11.0 Å². The maximum absolute atomic E-state index is 11.1. The fourth-order valence-corrected chi connectivity index (χ4v) is 0.721. The number of hydrogen-bond donors (Lipinski definition) is 0. The second-order valence-corrected chi connectivity index (χ2v) is 4.74. The molecule has 4 heteroatoms. The van der Waals surface area contributed by atoms with Crippen molar-refractivity contribution in [2.24, 2.45) is 4.40 Å². The minimum absolute atomic E-state index is 0.297. The molecule has 0 aromatic rings. The van der Waals surface area contributed by atoms with Crippen molar-refractivity contribution in [2.45, 2.75) is 25.5 Å². The molecule has 0 amide bonds. The van der Waals surface area contributed by atoms with Crippen LogP contribution in [-0.4, -0.2) is 22.5 Å². The first-order valence-electron chi connectivity index (χ1n) is 2.96. The number of nitrogens with zero attached hydrogens (tertiary/aromatic N) is 1. The Bertz CT molecular complexity index is 148. The molecular formula is C6H13NO2S. The van der Waals surface area contributed by atoms with E-state index in [4.69, 9.17) is 0 Å². The van der Waals surface area contributed by atoms with E-state index in [9.17, 15) is 4.21 Å². The molecule has 0 aromatic carbocycles. The van der Waals surface area contributed by atoms with E-state index in [1.54, 1.807) is 0 Å². The normalized spacial score (nSPS) is 15.6. The highest BCUT2D eigenvalue weighted by Crippen LogP contribution is 2.11. The zero-order valence-electron chi connectivity index (χ0n) is 6.75. The van der Waals surface area contributed by atoms with Crippen LogP contribution in [0.5, 0.6) is 0 Å². The molecule has 0 spiro atoms. The molecule has 60 valence electrons. The van der Waals surface area contributed by atoms with Gasteiger partial charge in [-0.15, -0.1) is 0 Å². The van der Waals surface area contributed by atoms with E-state index in [0.29, 0.717) is 0 Å². The summed E-state index contributed by atoms with van der Waals surface area (Å²) in [4.78, 5) is 0. The summed E-state index contributed by atoms with van der Waals surface area (Å²) in [5, 5.41) is 0. The topological polar surface area (TPSA) is 38.7 Å². The van der Waals surface area contributed by atoms with Crippen molar-refractivity contribution < 1.29 is 8.95 Å². The molecule has 0 aromatic heterocycles. The molecule has 10 heavy (non-hydrogen) atoms. The minimum Gasteiger partial charge on any atom is -0.486 e. The van der Waals surface area contributed by atoms with Crippen LogP contribution in [0.1, 0.15) is 20.8 Å². The van der Waals surface area contributed by atoms with Crippen molar-refractivity contribution in [3.8, 4) is 0 Å². The maximum atomic E-state index is 11.1. The van der Waals surface area contributed by atoms with Crippen LogP contribution in [0.3, 0.4) is 0 Å². The molecule has 0 aliphatic rings. The van der Waals surface area contributed by atoms with Crippen molar-refractivity contribution in [3.05, 3.63) is 0 Å². The highest BCUT2D eigenvalue weighted by atomic mass is 32.2. The van der Waals surface area contributed by atoms with Crippen LogP contribution in [0, 0.1) is 0 Å². The first kappa shape index (κ1) is 9.62. The van der Waals surface area contributed by atoms with Gasteiger partial charge in [-0.25, -0.2) is 4.21 Å². The lowest BCUT2D eigenvalue weighted by Crippen LogP contribution is -2.19. The predicted molar refractivity (Wildman–Crippen MR) is 43.4 cm³/mol. The number of hydrogen-bond acceptors (Lipinski definition) is 2. The minimum atomic E-state index is -1.19. The lowest BCUT2D eigenvalue weighted by atomic mass is 10.3. The van der Waals surface area contributed by atoms with Gasteiger partial charge >= 0.3 is 0 Å². The van der Waals surface area contributed by atoms with Crippen molar-refractivity contribution in [1.29, 1.82) is 0 Å². The van der Waals surface area contributed by atoms with Gasteiger partial charge in [-0.05, 0) is 20.8 Å². The van der Waals surface area contributed by atoms with E-state index in [-0.39, 0.29) is 4.75 Å². The van der Waals surface area contributed by atoms with Crippen molar-refractivity contribution in [2.75, 3.05) is 7.11 Å². The zero-order valence-corrected chi connectivity index (χ0v) is 7.57. The summed E-state index contributed by atoms with van der Waals surface area (Å²) in [6.07, 6.45) is 1.20. The summed E-state index contributed by atoms with van der Waals surface area (Å²) in [6, 6.07) is 0. The largest absolute Gasteiger partial charge is 0.486 e. The molecule has 0 saturated carbocycles. The van der Waals surface area contributed by atoms with E-state index in [0.717, 1.165) is 0 Å². The van der Waals surface area contributed by atoms with E-state index >= 15 is 0 Å². The number of rotatable bonds is 2. The third-order valence-corrected chi connectivity index (χ3v) is 2.09. The third-order valence-electron chi connectivity index (χ3n) is 0.768. The van der Waals surface area contributed by atoms with Gasteiger partial charge in [0.2, 0.25) is 0 Å². The Morgan fingerprint density at radius 3 is 2.30 bits per heavy atom. The lowest BCUT2D eigenvalue weighted by Gasteiger charge is -2.11. The lowest BCUT2D eigenvalue weighted by molar-refractivity contribution is 0.424. The second-order valence-electron chi connectivity index (χ2n) is 2.81. The Morgan fingerprint density at radius 2 is 2.00 bits per heavy atom. The van der Waals surface area contributed by atoms with Gasteiger partial charge in [0.1, 0.15) is 11.0 Å². The number of ether oxygens (including phenoxy) is 1. The molecule has 0 radical (unpaired) electrons. The van der Waals surface area contributed by atoms with E-state index in [2.05, 4.69) is 9.13 Å². The van der Waals surface area contributed by atoms with Crippen molar-refractivity contribution in [1.82, 2.24) is 0 Å². The van der Waals surface area contributed by atoms with Gasteiger partial charge in [-0.1, -0.05) is 0 Å². The number of methoxy groups -OCH3 is 1. The fourth-order valence-electron chi connectivity index (χ4n) is 0.240. The first-order valence-corrected chi connectivity index (χ1v) is 4.06. The molecule has 0 N–H and O–H groups in total. The van der Waals surface area contributed by atoms with Gasteiger partial charge in [0.25, 0.3) is 0 Å². The third kappa shape index (κ3) is 3.61. The Kier molecular flexibility index (Phi) is 3.57. The summed E-state index contributed by atoms with van der Waals surface area (Å²) in [5.74, 6) is 0. The smallest absolute Gasteiger partial charge is 0.183 e. The molecule has 0 heterocycles. The average Bonchev–Trinajstić information content (AvgIpc) is 1.80. The zero-order chi connectivity index (χ0) is 8.20. The van der Waals surface area contributed by atoms with Crippen molar-refractivity contribution >= 4 is 17.4 Å². The molecule has 0 saturated heterocycles. The van der Waals surface area contributed by atoms with Crippen LogP contribution in [0.15, 0.2) is 4.40 Å². The van der Waals surface area contributed by atoms with Gasteiger partial charge < -0.3 is 4.74 Å². The van der Waals surface area contributed by atoms with Gasteiger partial charge in [0.05, 0.1) is 11.9 Å². The first-order chi connectivity index (χ1) is 4.48. The summed E-state index contributed by atoms with van der Waals surface area (Å²) in [6.45, 7) is 5.57. The summed E-state index contributed by atoms with van der Waals surface area (Å²) < 4.78 is 18.9. The second kappa shape index (κ2) is 3.71. The predicted octanol–water partition coefficient (Wildman–Crippen LogP) is 1.12. The van der Waals surface area contributed by atoms with E-state index in [1.807, 2.05) is 20.8 Å². The molecule has 0 bridgehead atoms. The van der Waals surface area contributed by atoms with Crippen molar-refractivity contribution in [3.63, 3.8) is 0 Å². The molecule has 3 nitrogen and oxygen atoms in total. The van der Waals surface area contributed by atoms with Gasteiger partial charge in [-0.2, -0.15) is 4.40 Å². The molecule has 0 unspecified atom stereocenters. The van der Waals surface area contributed by atoms with Gasteiger partial charge in [-0.3, -0.25) is 0 Å². The quantitative estimate of drug-likeness (QED) is 0.452. The van der Waals surface area contributed by atoms with Crippen LogP contribution in [0.25, 0.3) is 0 Å². The van der Waals surface area contributed by atoms with Gasteiger partial charge in [0, 0.05) is 0 Å². The van der Waals surface area contributed by atoms with Gasteiger partial charge in [0.15, 0.2) is 6.40 Å². The Hall–Kier alpha value is -0.380. The monoisotopic (exact) mass is 163 g/mol. The molecule has 0 rings (SSSR count). The van der Waals surface area contributed by atoms with Crippen LogP contribution < -0.4 is 0 Å². The van der Waals surface area contributed by atoms with Crippen LogP contribution >= 0.6 is 0 Å². The van der Waals surface area contributed by atoms with Crippen LogP contribution in [-0.2, 0) is 15.7 Å². The Labute approximate surface area is 64.1 Å². The van der Waals surface area contributed by atoms with Crippen LogP contribution in [0.4, 0.5) is 0 Å². The summed E-state index contributed by atoms with van der Waals surface area (Å²) in [7, 11) is 0.283.